The van der Waals surface area contributed by atoms with Crippen LogP contribution in [0.3, 0.4) is 0 Å². The highest BCUT2D eigenvalue weighted by Crippen LogP contribution is 2.16. The number of carboxylic acids is 1. The minimum atomic E-state index is -1.12. The number of hydrogen-bond donors (Lipinski definition) is 2. The lowest BCUT2D eigenvalue weighted by atomic mass is 10.2. The van der Waals surface area contributed by atoms with Gasteiger partial charge in [0.1, 0.15) is 6.26 Å². The van der Waals surface area contributed by atoms with E-state index in [-0.39, 0.29) is 17.4 Å². The molecule has 0 saturated carbocycles. The van der Waals surface area contributed by atoms with Gasteiger partial charge in [0.15, 0.2) is 5.76 Å². The third kappa shape index (κ3) is 2.60. The number of aromatic carboxylic acids is 1. The average molecular weight is 265 g/mol. The van der Waals surface area contributed by atoms with Crippen LogP contribution < -0.4 is 5.32 Å². The largest absolute Gasteiger partial charge is 0.478 e. The lowest BCUT2D eigenvalue weighted by Crippen LogP contribution is -2.25. The fourth-order valence-corrected chi connectivity index (χ4v) is 2.19. The molecular formula is C12H11NO4S. The minimum Gasteiger partial charge on any atom is -0.478 e. The predicted octanol–water partition coefficient (Wildman–Crippen LogP) is 2.53. The topological polar surface area (TPSA) is 79.5 Å². The van der Waals surface area contributed by atoms with Crippen LogP contribution in [0.15, 0.2) is 33.6 Å². The Morgan fingerprint density at radius 2 is 2.28 bits per heavy atom. The molecule has 94 valence electrons. The Labute approximate surface area is 107 Å². The lowest BCUT2D eigenvalue weighted by Gasteiger charge is -2.10. The summed E-state index contributed by atoms with van der Waals surface area (Å²) < 4.78 is 4.92. The fourth-order valence-electron chi connectivity index (χ4n) is 1.44. The van der Waals surface area contributed by atoms with Gasteiger partial charge >= 0.3 is 5.97 Å². The summed E-state index contributed by atoms with van der Waals surface area (Å²) in [6.45, 7) is 1.85. The van der Waals surface area contributed by atoms with Gasteiger partial charge in [0.25, 0.3) is 5.91 Å². The number of rotatable bonds is 4. The number of hydrogen-bond acceptors (Lipinski definition) is 4. The van der Waals surface area contributed by atoms with Crippen LogP contribution >= 0.6 is 11.3 Å². The number of carbonyl (C=O) groups excluding carboxylic acids is 1. The molecule has 0 aliphatic carbocycles. The minimum absolute atomic E-state index is 0.00511. The first-order valence-corrected chi connectivity index (χ1v) is 6.17. The summed E-state index contributed by atoms with van der Waals surface area (Å²) in [5.41, 5.74) is 0.960. The van der Waals surface area contributed by atoms with Crippen molar-refractivity contribution in [3.8, 4) is 0 Å². The van der Waals surface area contributed by atoms with E-state index in [1.165, 1.54) is 6.07 Å². The van der Waals surface area contributed by atoms with E-state index in [4.69, 9.17) is 9.52 Å². The Morgan fingerprint density at radius 3 is 2.83 bits per heavy atom. The van der Waals surface area contributed by atoms with E-state index in [2.05, 4.69) is 5.32 Å². The first-order chi connectivity index (χ1) is 8.58. The molecule has 1 unspecified atom stereocenters. The molecule has 1 atom stereocenters. The standard InChI is InChI=1S/C12H11NO4S/c1-7(8-2-3-18-6-8)13-11(14)10-4-9(5-17-10)12(15)16/h2-7H,1H3,(H,13,14)(H,15,16). The van der Waals surface area contributed by atoms with Crippen LogP contribution in [-0.2, 0) is 0 Å². The van der Waals surface area contributed by atoms with E-state index < -0.39 is 11.9 Å². The van der Waals surface area contributed by atoms with E-state index in [1.807, 2.05) is 23.8 Å². The molecule has 0 fully saturated rings. The fraction of sp³-hybridized carbons (Fsp3) is 0.167. The zero-order chi connectivity index (χ0) is 13.1. The molecule has 1 amide bonds. The Balaban J connectivity index is 2.05. The molecule has 0 saturated heterocycles. The van der Waals surface area contributed by atoms with Gasteiger partial charge in [0.05, 0.1) is 11.6 Å². The summed E-state index contributed by atoms with van der Waals surface area (Å²) in [4.78, 5) is 22.4. The predicted molar refractivity (Wildman–Crippen MR) is 65.9 cm³/mol. The van der Waals surface area contributed by atoms with Gasteiger partial charge in [0, 0.05) is 6.07 Å². The maximum Gasteiger partial charge on any atom is 0.338 e. The van der Waals surface area contributed by atoms with Gasteiger partial charge in [-0.15, -0.1) is 0 Å². The molecule has 0 aromatic carbocycles. The summed E-state index contributed by atoms with van der Waals surface area (Å²) in [7, 11) is 0. The Kier molecular flexibility index (Phi) is 3.47. The summed E-state index contributed by atoms with van der Waals surface area (Å²) >= 11 is 1.55. The molecular weight excluding hydrogens is 254 g/mol. The van der Waals surface area contributed by atoms with E-state index >= 15 is 0 Å². The molecule has 2 rings (SSSR count). The summed E-state index contributed by atoms with van der Waals surface area (Å²) in [5.74, 6) is -1.56. The van der Waals surface area contributed by atoms with Crippen molar-refractivity contribution in [3.63, 3.8) is 0 Å². The van der Waals surface area contributed by atoms with E-state index in [0.717, 1.165) is 11.8 Å². The van der Waals surface area contributed by atoms with Crippen molar-refractivity contribution in [2.24, 2.45) is 0 Å². The number of furan rings is 1. The van der Waals surface area contributed by atoms with Crippen molar-refractivity contribution >= 4 is 23.2 Å². The number of thiophene rings is 1. The van der Waals surface area contributed by atoms with Crippen LogP contribution in [0.2, 0.25) is 0 Å². The monoisotopic (exact) mass is 265 g/mol. The average Bonchev–Trinajstić information content (AvgIpc) is 3.00. The van der Waals surface area contributed by atoms with Crippen LogP contribution in [0.5, 0.6) is 0 Å². The zero-order valence-electron chi connectivity index (χ0n) is 9.54. The molecule has 0 radical (unpaired) electrons. The highest BCUT2D eigenvalue weighted by atomic mass is 32.1. The number of carboxylic acid groups (broad SMARTS) is 1. The van der Waals surface area contributed by atoms with E-state index in [9.17, 15) is 9.59 Å². The van der Waals surface area contributed by atoms with Gasteiger partial charge in [-0.25, -0.2) is 4.79 Å². The van der Waals surface area contributed by atoms with Crippen molar-refractivity contribution in [3.05, 3.63) is 46.0 Å². The zero-order valence-corrected chi connectivity index (χ0v) is 10.4. The lowest BCUT2D eigenvalue weighted by molar-refractivity contribution is 0.0695. The van der Waals surface area contributed by atoms with Crippen molar-refractivity contribution in [1.82, 2.24) is 5.32 Å². The van der Waals surface area contributed by atoms with E-state index in [0.29, 0.717) is 0 Å². The van der Waals surface area contributed by atoms with Gasteiger partial charge in [-0.1, -0.05) is 0 Å². The number of amides is 1. The third-order valence-electron chi connectivity index (χ3n) is 2.46. The summed E-state index contributed by atoms with van der Waals surface area (Å²) in [5, 5.41) is 15.3. The molecule has 2 aromatic rings. The first kappa shape index (κ1) is 12.4. The van der Waals surface area contributed by atoms with Gasteiger partial charge in [-0.3, -0.25) is 4.79 Å². The normalized spacial score (nSPS) is 12.1. The van der Waals surface area contributed by atoms with Crippen molar-refractivity contribution < 1.29 is 19.1 Å². The SMILES string of the molecule is CC(NC(=O)c1cc(C(=O)O)co1)c1ccsc1. The number of carbonyl (C=O) groups is 2. The van der Waals surface area contributed by atoms with Crippen LogP contribution in [0.25, 0.3) is 0 Å². The maximum absolute atomic E-state index is 11.8. The Hall–Kier alpha value is -2.08. The van der Waals surface area contributed by atoms with Gasteiger partial charge in [-0.05, 0) is 29.3 Å². The Bertz CT molecular complexity index is 558. The molecule has 0 aliphatic heterocycles. The Morgan fingerprint density at radius 1 is 1.50 bits per heavy atom. The molecule has 2 N–H and O–H groups in total. The van der Waals surface area contributed by atoms with Crippen molar-refractivity contribution in [1.29, 1.82) is 0 Å². The van der Waals surface area contributed by atoms with Crippen molar-refractivity contribution in [2.75, 3.05) is 0 Å². The quantitative estimate of drug-likeness (QED) is 0.890. The highest BCUT2D eigenvalue weighted by Gasteiger charge is 2.17. The smallest absolute Gasteiger partial charge is 0.338 e. The first-order valence-electron chi connectivity index (χ1n) is 5.22. The van der Waals surface area contributed by atoms with Crippen LogP contribution in [0, 0.1) is 0 Å². The number of nitrogens with one attached hydrogen (secondary N) is 1. The second kappa shape index (κ2) is 5.05. The summed E-state index contributed by atoms with van der Waals surface area (Å²) in [6.07, 6.45) is 1.05. The van der Waals surface area contributed by atoms with Crippen molar-refractivity contribution in [2.45, 2.75) is 13.0 Å². The molecule has 0 aliphatic rings. The van der Waals surface area contributed by atoms with Crippen LogP contribution in [0.4, 0.5) is 0 Å². The molecule has 2 aromatic heterocycles. The third-order valence-corrected chi connectivity index (χ3v) is 3.16. The second-order valence-corrected chi connectivity index (χ2v) is 4.54. The van der Waals surface area contributed by atoms with Crippen LogP contribution in [0.1, 0.15) is 39.4 Å². The van der Waals surface area contributed by atoms with Gasteiger partial charge in [-0.2, -0.15) is 11.3 Å². The molecule has 2 heterocycles. The highest BCUT2D eigenvalue weighted by molar-refractivity contribution is 7.07. The maximum atomic E-state index is 11.8. The molecule has 6 heteroatoms. The molecule has 0 spiro atoms. The van der Waals surface area contributed by atoms with E-state index in [1.54, 1.807) is 11.3 Å². The van der Waals surface area contributed by atoms with Gasteiger partial charge < -0.3 is 14.8 Å². The second-order valence-electron chi connectivity index (χ2n) is 3.76. The molecule has 5 nitrogen and oxygen atoms in total. The van der Waals surface area contributed by atoms with Gasteiger partial charge in [0.2, 0.25) is 0 Å². The summed E-state index contributed by atoms with van der Waals surface area (Å²) in [6, 6.07) is 2.97. The molecule has 18 heavy (non-hydrogen) atoms. The molecule has 0 bridgehead atoms. The van der Waals surface area contributed by atoms with Crippen LogP contribution in [-0.4, -0.2) is 17.0 Å².